The Hall–Kier alpha value is -1.40. The van der Waals surface area contributed by atoms with E-state index < -0.39 is 0 Å². The van der Waals surface area contributed by atoms with Gasteiger partial charge in [0, 0.05) is 6.54 Å². The Morgan fingerprint density at radius 2 is 2.16 bits per heavy atom. The number of amidine groups is 1. The van der Waals surface area contributed by atoms with Gasteiger partial charge in [-0.1, -0.05) is 29.5 Å². The monoisotopic (exact) mass is 293 g/mol. The van der Waals surface area contributed by atoms with Crippen LogP contribution in [-0.2, 0) is 4.79 Å². The van der Waals surface area contributed by atoms with Crippen molar-refractivity contribution in [3.8, 4) is 0 Å². The van der Waals surface area contributed by atoms with Crippen molar-refractivity contribution in [2.75, 3.05) is 17.2 Å². The summed E-state index contributed by atoms with van der Waals surface area (Å²) in [4.78, 5) is 17.9. The van der Waals surface area contributed by atoms with Gasteiger partial charge in [-0.15, -0.1) is 0 Å². The first-order valence-corrected chi connectivity index (χ1v) is 7.40. The summed E-state index contributed by atoms with van der Waals surface area (Å²) >= 11 is 6.51. The highest BCUT2D eigenvalue weighted by Crippen LogP contribution is 2.26. The van der Waals surface area contributed by atoms with Crippen molar-refractivity contribution in [3.05, 3.63) is 29.8 Å². The number of rotatable bonds is 2. The molecule has 6 heteroatoms. The first kappa shape index (κ1) is 14.0. The number of nitrogens with one attached hydrogen (secondary N) is 1. The van der Waals surface area contributed by atoms with Crippen molar-refractivity contribution in [1.82, 2.24) is 5.32 Å². The molecule has 0 aliphatic carbocycles. The van der Waals surface area contributed by atoms with Crippen molar-refractivity contribution in [2.24, 2.45) is 4.99 Å². The molecular weight excluding hydrogens is 278 g/mol. The summed E-state index contributed by atoms with van der Waals surface area (Å²) < 4.78 is 0. The van der Waals surface area contributed by atoms with Crippen molar-refractivity contribution >= 4 is 45.9 Å². The van der Waals surface area contributed by atoms with E-state index in [1.165, 1.54) is 11.8 Å². The number of hydrogen-bond acceptors (Lipinski definition) is 3. The molecule has 0 unspecified atom stereocenters. The first-order valence-electron chi connectivity index (χ1n) is 6.00. The van der Waals surface area contributed by atoms with E-state index in [2.05, 4.69) is 10.3 Å². The molecule has 1 fully saturated rings. The molecule has 2 rings (SSSR count). The number of anilines is 1. The second-order valence-corrected chi connectivity index (χ2v) is 5.41. The zero-order chi connectivity index (χ0) is 13.8. The van der Waals surface area contributed by atoms with Crippen molar-refractivity contribution in [1.29, 1.82) is 0 Å². The van der Waals surface area contributed by atoms with Gasteiger partial charge in [-0.05, 0) is 38.2 Å². The molecule has 4 nitrogen and oxygen atoms in total. The SMILES string of the molecule is CCNC(=S)/N=C1/SCC(=O)N1c1ccc(C)cc1. The average Bonchev–Trinajstić information content (AvgIpc) is 2.72. The Morgan fingerprint density at radius 3 is 2.79 bits per heavy atom. The predicted octanol–water partition coefficient (Wildman–Crippen LogP) is 2.33. The lowest BCUT2D eigenvalue weighted by Crippen LogP contribution is -2.31. The Kier molecular flexibility index (Phi) is 4.55. The number of nitrogens with zero attached hydrogens (tertiary/aromatic N) is 2. The highest BCUT2D eigenvalue weighted by molar-refractivity contribution is 8.15. The van der Waals surface area contributed by atoms with Gasteiger partial charge in [-0.25, -0.2) is 0 Å². The van der Waals surface area contributed by atoms with Gasteiger partial charge in [0.05, 0.1) is 11.4 Å². The third-order valence-electron chi connectivity index (χ3n) is 2.58. The molecule has 1 heterocycles. The quantitative estimate of drug-likeness (QED) is 0.850. The molecule has 1 amide bonds. The standard InChI is InChI=1S/C13H15N3OS2/c1-3-14-12(18)15-13-16(11(17)8-19-13)10-6-4-9(2)5-7-10/h4-7H,3,8H2,1-2H3,(H,14,18)/b15-13+. The molecule has 19 heavy (non-hydrogen) atoms. The molecule has 1 aliphatic heterocycles. The fourth-order valence-corrected chi connectivity index (χ4v) is 2.83. The van der Waals surface area contributed by atoms with Gasteiger partial charge in [-0.3, -0.25) is 9.69 Å². The molecule has 0 bridgehead atoms. The summed E-state index contributed by atoms with van der Waals surface area (Å²) in [5.41, 5.74) is 1.99. The maximum Gasteiger partial charge on any atom is 0.243 e. The molecule has 0 radical (unpaired) electrons. The van der Waals surface area contributed by atoms with Gasteiger partial charge in [0.15, 0.2) is 10.3 Å². The van der Waals surface area contributed by atoms with E-state index in [9.17, 15) is 4.79 Å². The minimum absolute atomic E-state index is 0.0342. The Morgan fingerprint density at radius 1 is 1.47 bits per heavy atom. The number of amides is 1. The van der Waals surface area contributed by atoms with Crippen LogP contribution in [0.1, 0.15) is 12.5 Å². The second kappa shape index (κ2) is 6.16. The van der Waals surface area contributed by atoms with E-state index in [4.69, 9.17) is 12.2 Å². The van der Waals surface area contributed by atoms with E-state index in [0.717, 1.165) is 17.8 Å². The second-order valence-electron chi connectivity index (χ2n) is 4.08. The van der Waals surface area contributed by atoms with E-state index in [0.29, 0.717) is 16.0 Å². The van der Waals surface area contributed by atoms with Crippen LogP contribution >= 0.6 is 24.0 Å². The molecule has 1 saturated heterocycles. The summed E-state index contributed by atoms with van der Waals surface area (Å²) in [5, 5.41) is 4.01. The van der Waals surface area contributed by atoms with Crippen LogP contribution in [0, 0.1) is 6.92 Å². The lowest BCUT2D eigenvalue weighted by atomic mass is 10.2. The van der Waals surface area contributed by atoms with Crippen LogP contribution in [0.25, 0.3) is 0 Å². The molecule has 0 aromatic heterocycles. The number of aliphatic imine (C=N–C) groups is 1. The summed E-state index contributed by atoms with van der Waals surface area (Å²) in [6.45, 7) is 4.69. The molecular formula is C13H15N3OS2. The van der Waals surface area contributed by atoms with Crippen LogP contribution < -0.4 is 10.2 Å². The third kappa shape index (κ3) is 3.33. The number of thiocarbonyl (C=S) groups is 1. The largest absolute Gasteiger partial charge is 0.361 e. The van der Waals surface area contributed by atoms with Gasteiger partial charge in [0.2, 0.25) is 5.91 Å². The number of carbonyl (C=O) groups is 1. The summed E-state index contributed by atoms with van der Waals surface area (Å²) in [7, 11) is 0. The fraction of sp³-hybridized carbons (Fsp3) is 0.308. The maximum absolute atomic E-state index is 12.0. The summed E-state index contributed by atoms with van der Waals surface area (Å²) in [6.07, 6.45) is 0. The molecule has 1 aromatic carbocycles. The molecule has 0 saturated carbocycles. The van der Waals surface area contributed by atoms with Crippen LogP contribution in [0.15, 0.2) is 29.3 Å². The number of benzene rings is 1. The van der Waals surface area contributed by atoms with Gasteiger partial charge >= 0.3 is 0 Å². The van der Waals surface area contributed by atoms with Crippen molar-refractivity contribution in [2.45, 2.75) is 13.8 Å². The van der Waals surface area contributed by atoms with Crippen molar-refractivity contribution in [3.63, 3.8) is 0 Å². The average molecular weight is 293 g/mol. The van der Waals surface area contributed by atoms with Gasteiger partial charge in [0.25, 0.3) is 0 Å². The van der Waals surface area contributed by atoms with Gasteiger partial charge < -0.3 is 5.32 Å². The molecule has 1 N–H and O–H groups in total. The van der Waals surface area contributed by atoms with Crippen LogP contribution in [0.4, 0.5) is 5.69 Å². The lowest BCUT2D eigenvalue weighted by molar-refractivity contribution is -0.115. The summed E-state index contributed by atoms with van der Waals surface area (Å²) in [6, 6.07) is 7.80. The van der Waals surface area contributed by atoms with Gasteiger partial charge in [-0.2, -0.15) is 4.99 Å². The van der Waals surface area contributed by atoms with E-state index >= 15 is 0 Å². The summed E-state index contributed by atoms with van der Waals surface area (Å²) in [5.74, 6) is 0.438. The predicted molar refractivity (Wildman–Crippen MR) is 84.8 cm³/mol. The fourth-order valence-electron chi connectivity index (χ4n) is 1.67. The van der Waals surface area contributed by atoms with E-state index in [1.807, 2.05) is 38.1 Å². The smallest absolute Gasteiger partial charge is 0.243 e. The number of hydrogen-bond donors (Lipinski definition) is 1. The molecule has 0 spiro atoms. The number of aryl methyl sites for hydroxylation is 1. The molecule has 1 aromatic rings. The van der Waals surface area contributed by atoms with Crippen LogP contribution in [0.5, 0.6) is 0 Å². The van der Waals surface area contributed by atoms with Crippen LogP contribution in [-0.4, -0.2) is 28.5 Å². The number of thioether (sulfide) groups is 1. The zero-order valence-electron chi connectivity index (χ0n) is 10.8. The molecule has 0 atom stereocenters. The zero-order valence-corrected chi connectivity index (χ0v) is 12.5. The number of carbonyl (C=O) groups excluding carboxylic acids is 1. The van der Waals surface area contributed by atoms with Gasteiger partial charge in [0.1, 0.15) is 0 Å². The lowest BCUT2D eigenvalue weighted by Gasteiger charge is -2.16. The third-order valence-corrected chi connectivity index (χ3v) is 3.74. The Balaban J connectivity index is 2.27. The minimum Gasteiger partial charge on any atom is -0.361 e. The van der Waals surface area contributed by atoms with Crippen molar-refractivity contribution < 1.29 is 4.79 Å². The maximum atomic E-state index is 12.0. The van der Waals surface area contributed by atoms with E-state index in [1.54, 1.807) is 4.90 Å². The minimum atomic E-state index is 0.0342. The Labute approximate surface area is 122 Å². The topological polar surface area (TPSA) is 44.7 Å². The van der Waals surface area contributed by atoms with E-state index in [-0.39, 0.29) is 5.91 Å². The molecule has 1 aliphatic rings. The van der Waals surface area contributed by atoms with Crippen LogP contribution in [0.2, 0.25) is 0 Å². The molecule has 100 valence electrons. The highest BCUT2D eigenvalue weighted by atomic mass is 32.2. The first-order chi connectivity index (χ1) is 9.11. The Bertz CT molecular complexity index is 525. The van der Waals surface area contributed by atoms with Crippen LogP contribution in [0.3, 0.4) is 0 Å². The highest BCUT2D eigenvalue weighted by Gasteiger charge is 2.29. The normalized spacial score (nSPS) is 17.1.